The Morgan fingerprint density at radius 3 is 2.79 bits per heavy atom. The van der Waals surface area contributed by atoms with E-state index in [1.807, 2.05) is 38.1 Å². The number of ketones is 1. The van der Waals surface area contributed by atoms with Crippen molar-refractivity contribution in [2.75, 3.05) is 0 Å². The molecule has 0 radical (unpaired) electrons. The zero-order valence-corrected chi connectivity index (χ0v) is 10.8. The van der Waals surface area contributed by atoms with Crippen molar-refractivity contribution < 1.29 is 9.53 Å². The molecule has 0 saturated heterocycles. The molecule has 3 rings (SSSR count). The standard InChI is InChI=1S/C16H13NO2/c1-16(2)8-10(9-17)7-12-14(18)11-5-3-4-6-13(11)19-15(12)16/h3-8,15H,1-2H3. The molecule has 0 bridgehead atoms. The van der Waals surface area contributed by atoms with Gasteiger partial charge >= 0.3 is 0 Å². The van der Waals surface area contributed by atoms with Crippen LogP contribution in [0.2, 0.25) is 0 Å². The SMILES string of the molecule is CC1(C)C=C(C#N)C=C2C(=O)c3ccccc3OC21. The van der Waals surface area contributed by atoms with Crippen LogP contribution in [0.3, 0.4) is 0 Å². The van der Waals surface area contributed by atoms with Crippen LogP contribution >= 0.6 is 0 Å². The van der Waals surface area contributed by atoms with Gasteiger partial charge in [-0.25, -0.2) is 0 Å². The van der Waals surface area contributed by atoms with Crippen LogP contribution in [0.25, 0.3) is 0 Å². The molecule has 0 spiro atoms. The van der Waals surface area contributed by atoms with Crippen LogP contribution in [0.5, 0.6) is 5.75 Å². The maximum absolute atomic E-state index is 12.5. The van der Waals surface area contributed by atoms with E-state index in [9.17, 15) is 4.79 Å². The van der Waals surface area contributed by atoms with Crippen LogP contribution in [0.4, 0.5) is 0 Å². The number of para-hydroxylation sites is 1. The molecule has 2 aliphatic rings. The van der Waals surface area contributed by atoms with Crippen molar-refractivity contribution in [2.45, 2.75) is 20.0 Å². The maximum atomic E-state index is 12.5. The molecule has 1 aromatic rings. The van der Waals surface area contributed by atoms with Gasteiger partial charge in [0.2, 0.25) is 0 Å². The average molecular weight is 251 g/mol. The highest BCUT2D eigenvalue weighted by Gasteiger charge is 2.42. The number of hydrogen-bond donors (Lipinski definition) is 0. The molecule has 1 heterocycles. The summed E-state index contributed by atoms with van der Waals surface area (Å²) in [7, 11) is 0. The second kappa shape index (κ2) is 3.83. The number of benzene rings is 1. The predicted octanol–water partition coefficient (Wildman–Crippen LogP) is 3.05. The number of ether oxygens (including phenoxy) is 1. The molecule has 0 N–H and O–H groups in total. The van der Waals surface area contributed by atoms with Crippen molar-refractivity contribution >= 4 is 5.78 Å². The monoisotopic (exact) mass is 251 g/mol. The van der Waals surface area contributed by atoms with Gasteiger partial charge in [0.05, 0.1) is 11.6 Å². The first-order chi connectivity index (χ1) is 9.03. The Morgan fingerprint density at radius 2 is 2.05 bits per heavy atom. The summed E-state index contributed by atoms with van der Waals surface area (Å²) >= 11 is 0. The van der Waals surface area contributed by atoms with Crippen LogP contribution in [-0.4, -0.2) is 11.9 Å². The van der Waals surface area contributed by atoms with E-state index in [1.54, 1.807) is 12.1 Å². The van der Waals surface area contributed by atoms with E-state index in [0.717, 1.165) is 0 Å². The molecule has 1 aliphatic carbocycles. The topological polar surface area (TPSA) is 50.1 Å². The lowest BCUT2D eigenvalue weighted by Crippen LogP contribution is -2.42. The molecule has 1 unspecified atom stereocenters. The fraction of sp³-hybridized carbons (Fsp3) is 0.250. The maximum Gasteiger partial charge on any atom is 0.196 e. The zero-order chi connectivity index (χ0) is 13.6. The van der Waals surface area contributed by atoms with E-state index in [4.69, 9.17) is 10.00 Å². The Bertz CT molecular complexity index is 674. The van der Waals surface area contributed by atoms with Gasteiger partial charge < -0.3 is 4.74 Å². The minimum Gasteiger partial charge on any atom is -0.484 e. The Morgan fingerprint density at radius 1 is 1.32 bits per heavy atom. The van der Waals surface area contributed by atoms with E-state index < -0.39 is 0 Å². The molecule has 0 amide bonds. The summed E-state index contributed by atoms with van der Waals surface area (Å²) in [5.41, 5.74) is 1.29. The number of nitriles is 1. The number of fused-ring (bicyclic) bond motifs is 2. The molecule has 0 saturated carbocycles. The van der Waals surface area contributed by atoms with Crippen molar-refractivity contribution in [1.82, 2.24) is 0 Å². The minimum absolute atomic E-state index is 0.0409. The summed E-state index contributed by atoms with van der Waals surface area (Å²) in [6.45, 7) is 3.95. The quantitative estimate of drug-likeness (QED) is 0.712. The molecule has 1 atom stereocenters. The van der Waals surface area contributed by atoms with Crippen LogP contribution in [0.1, 0.15) is 24.2 Å². The molecule has 0 fully saturated rings. The number of carbonyl (C=O) groups is 1. The molecule has 19 heavy (non-hydrogen) atoms. The third-order valence-electron chi connectivity index (χ3n) is 3.56. The third-order valence-corrected chi connectivity index (χ3v) is 3.56. The van der Waals surface area contributed by atoms with Crippen LogP contribution in [-0.2, 0) is 0 Å². The lowest BCUT2D eigenvalue weighted by molar-refractivity contribution is 0.0846. The van der Waals surface area contributed by atoms with Crippen molar-refractivity contribution in [3.05, 3.63) is 53.1 Å². The molecule has 3 heteroatoms. The number of carbonyl (C=O) groups excluding carboxylic acids is 1. The minimum atomic E-state index is -0.377. The second-order valence-electron chi connectivity index (χ2n) is 5.46. The smallest absolute Gasteiger partial charge is 0.196 e. The van der Waals surface area contributed by atoms with Gasteiger partial charge in [-0.3, -0.25) is 4.79 Å². The largest absolute Gasteiger partial charge is 0.484 e. The van der Waals surface area contributed by atoms with Crippen molar-refractivity contribution in [1.29, 1.82) is 5.26 Å². The average Bonchev–Trinajstić information content (AvgIpc) is 2.39. The highest BCUT2D eigenvalue weighted by molar-refractivity contribution is 6.12. The van der Waals surface area contributed by atoms with Gasteiger partial charge in [-0.15, -0.1) is 0 Å². The van der Waals surface area contributed by atoms with Gasteiger partial charge in [-0.05, 0) is 18.2 Å². The lowest BCUT2D eigenvalue weighted by Gasteiger charge is -2.39. The van der Waals surface area contributed by atoms with Crippen molar-refractivity contribution in [3.63, 3.8) is 0 Å². The zero-order valence-electron chi connectivity index (χ0n) is 10.8. The summed E-state index contributed by atoms with van der Waals surface area (Å²) in [5, 5.41) is 9.08. The van der Waals surface area contributed by atoms with Gasteiger partial charge in [0.15, 0.2) is 5.78 Å². The van der Waals surface area contributed by atoms with E-state index in [1.165, 1.54) is 0 Å². The first-order valence-electron chi connectivity index (χ1n) is 6.18. The van der Waals surface area contributed by atoms with Crippen LogP contribution in [0.15, 0.2) is 47.6 Å². The summed E-state index contributed by atoms with van der Waals surface area (Å²) in [6.07, 6.45) is 3.18. The molecular weight excluding hydrogens is 238 g/mol. The van der Waals surface area contributed by atoms with E-state index in [-0.39, 0.29) is 17.3 Å². The summed E-state index contributed by atoms with van der Waals surface area (Å²) in [6, 6.07) is 9.35. The van der Waals surface area contributed by atoms with Crippen LogP contribution in [0, 0.1) is 16.7 Å². The lowest BCUT2D eigenvalue weighted by atomic mass is 9.73. The molecule has 94 valence electrons. The van der Waals surface area contributed by atoms with Gasteiger partial charge in [0.1, 0.15) is 11.9 Å². The molecule has 1 aliphatic heterocycles. The van der Waals surface area contributed by atoms with Gasteiger partial charge in [0, 0.05) is 16.6 Å². The highest BCUT2D eigenvalue weighted by atomic mass is 16.5. The molecule has 1 aromatic carbocycles. The number of rotatable bonds is 0. The Labute approximate surface area is 111 Å². The Hall–Kier alpha value is -2.34. The van der Waals surface area contributed by atoms with E-state index in [0.29, 0.717) is 22.5 Å². The molecular formula is C16H13NO2. The van der Waals surface area contributed by atoms with Gasteiger partial charge in [-0.2, -0.15) is 5.26 Å². The number of Topliss-reactive ketones (excluding diaryl/α,β-unsaturated/α-hetero) is 1. The van der Waals surface area contributed by atoms with Gasteiger partial charge in [-0.1, -0.05) is 32.1 Å². The molecule has 0 aromatic heterocycles. The number of nitrogens with zero attached hydrogens (tertiary/aromatic N) is 1. The highest BCUT2D eigenvalue weighted by Crippen LogP contribution is 2.42. The van der Waals surface area contributed by atoms with E-state index in [2.05, 4.69) is 6.07 Å². The Balaban J connectivity index is 2.18. The first-order valence-corrected chi connectivity index (χ1v) is 6.18. The summed E-state index contributed by atoms with van der Waals surface area (Å²) in [5.74, 6) is 0.581. The second-order valence-corrected chi connectivity index (χ2v) is 5.46. The summed E-state index contributed by atoms with van der Waals surface area (Å²) in [4.78, 5) is 12.5. The fourth-order valence-corrected chi connectivity index (χ4v) is 2.67. The van der Waals surface area contributed by atoms with Crippen molar-refractivity contribution in [2.24, 2.45) is 5.41 Å². The number of allylic oxidation sites excluding steroid dienone is 2. The molecule has 3 nitrogen and oxygen atoms in total. The van der Waals surface area contributed by atoms with Crippen LogP contribution < -0.4 is 4.74 Å². The Kier molecular flexibility index (Phi) is 2.36. The normalized spacial score (nSPS) is 23.2. The predicted molar refractivity (Wildman–Crippen MR) is 70.7 cm³/mol. The van der Waals surface area contributed by atoms with E-state index >= 15 is 0 Å². The van der Waals surface area contributed by atoms with Gasteiger partial charge in [0.25, 0.3) is 0 Å². The fourth-order valence-electron chi connectivity index (χ4n) is 2.67. The van der Waals surface area contributed by atoms with Crippen molar-refractivity contribution in [3.8, 4) is 11.8 Å². The summed E-state index contributed by atoms with van der Waals surface area (Å²) < 4.78 is 5.97. The number of hydrogen-bond acceptors (Lipinski definition) is 3. The third kappa shape index (κ3) is 1.68. The first kappa shape index (κ1) is 11.7.